The standard InChI is InChI=1S/C12H10Cl2N2O/c13-10-2-1-3-11(14)9(10)4-12-15-5-8(7-17)6-16-12/h1-3,5-6,17H,4,7H2. The summed E-state index contributed by atoms with van der Waals surface area (Å²) >= 11 is 12.1. The number of nitrogens with zero attached hydrogens (tertiary/aromatic N) is 2. The van der Waals surface area contributed by atoms with Crippen LogP contribution >= 0.6 is 23.2 Å². The molecule has 1 aromatic carbocycles. The lowest BCUT2D eigenvalue weighted by molar-refractivity contribution is 0.280. The minimum absolute atomic E-state index is 0.0624. The summed E-state index contributed by atoms with van der Waals surface area (Å²) < 4.78 is 0. The molecule has 2 aromatic rings. The Labute approximate surface area is 109 Å². The molecule has 0 bridgehead atoms. The number of aliphatic hydroxyl groups excluding tert-OH is 1. The highest BCUT2D eigenvalue weighted by Gasteiger charge is 2.08. The maximum absolute atomic E-state index is 8.88. The molecule has 0 amide bonds. The van der Waals surface area contributed by atoms with Gasteiger partial charge in [0.2, 0.25) is 0 Å². The van der Waals surface area contributed by atoms with Crippen molar-refractivity contribution < 1.29 is 5.11 Å². The fourth-order valence-electron chi connectivity index (χ4n) is 1.41. The quantitative estimate of drug-likeness (QED) is 0.931. The van der Waals surface area contributed by atoms with Gasteiger partial charge in [0, 0.05) is 34.4 Å². The third kappa shape index (κ3) is 2.94. The van der Waals surface area contributed by atoms with Crippen LogP contribution in [0, 0.1) is 0 Å². The van der Waals surface area contributed by atoms with Gasteiger partial charge in [-0.05, 0) is 17.7 Å². The predicted octanol–water partition coefficient (Wildman–Crippen LogP) is 2.87. The summed E-state index contributed by atoms with van der Waals surface area (Å²) in [6.45, 7) is -0.0624. The molecule has 1 heterocycles. The molecule has 5 heteroatoms. The first-order valence-electron chi connectivity index (χ1n) is 5.04. The molecule has 0 aliphatic rings. The summed E-state index contributed by atoms with van der Waals surface area (Å²) in [4.78, 5) is 8.28. The van der Waals surface area contributed by atoms with Crippen LogP contribution in [0.3, 0.4) is 0 Å². The summed E-state index contributed by atoms with van der Waals surface area (Å²) in [6.07, 6.45) is 3.66. The van der Waals surface area contributed by atoms with Crippen molar-refractivity contribution in [3.05, 3.63) is 57.6 Å². The van der Waals surface area contributed by atoms with Gasteiger partial charge in [-0.25, -0.2) is 9.97 Å². The topological polar surface area (TPSA) is 46.0 Å². The molecule has 0 spiro atoms. The maximum atomic E-state index is 8.88. The third-order valence-electron chi connectivity index (χ3n) is 2.34. The molecule has 0 atom stereocenters. The smallest absolute Gasteiger partial charge is 0.132 e. The summed E-state index contributed by atoms with van der Waals surface area (Å²) in [5.41, 5.74) is 1.49. The van der Waals surface area contributed by atoms with Gasteiger partial charge in [0.1, 0.15) is 5.82 Å². The predicted molar refractivity (Wildman–Crippen MR) is 67.2 cm³/mol. The monoisotopic (exact) mass is 268 g/mol. The van der Waals surface area contributed by atoms with Gasteiger partial charge < -0.3 is 5.11 Å². The van der Waals surface area contributed by atoms with Crippen molar-refractivity contribution in [2.45, 2.75) is 13.0 Å². The van der Waals surface area contributed by atoms with E-state index in [1.807, 2.05) is 0 Å². The van der Waals surface area contributed by atoms with Gasteiger partial charge in [0.25, 0.3) is 0 Å². The molecule has 0 unspecified atom stereocenters. The van der Waals surface area contributed by atoms with E-state index < -0.39 is 0 Å². The largest absolute Gasteiger partial charge is 0.392 e. The Morgan fingerprint density at radius 2 is 1.65 bits per heavy atom. The van der Waals surface area contributed by atoms with Crippen LogP contribution in [-0.4, -0.2) is 15.1 Å². The Bertz CT molecular complexity index is 494. The van der Waals surface area contributed by atoms with Crippen molar-refractivity contribution >= 4 is 23.2 Å². The number of rotatable bonds is 3. The molecule has 0 fully saturated rings. The summed E-state index contributed by atoms with van der Waals surface area (Å²) in [6, 6.07) is 5.36. The van der Waals surface area contributed by atoms with Crippen molar-refractivity contribution in [3.8, 4) is 0 Å². The van der Waals surface area contributed by atoms with Gasteiger partial charge in [0.05, 0.1) is 6.61 Å². The zero-order valence-corrected chi connectivity index (χ0v) is 10.4. The average molecular weight is 269 g/mol. The lowest BCUT2D eigenvalue weighted by Crippen LogP contribution is -1.99. The zero-order valence-electron chi connectivity index (χ0n) is 8.90. The van der Waals surface area contributed by atoms with Gasteiger partial charge in [-0.1, -0.05) is 29.3 Å². The van der Waals surface area contributed by atoms with Crippen molar-refractivity contribution in [1.29, 1.82) is 0 Å². The zero-order chi connectivity index (χ0) is 12.3. The normalized spacial score (nSPS) is 10.5. The number of halogens is 2. The first-order valence-corrected chi connectivity index (χ1v) is 5.80. The Morgan fingerprint density at radius 3 is 2.18 bits per heavy atom. The van der Waals surface area contributed by atoms with E-state index in [2.05, 4.69) is 9.97 Å². The van der Waals surface area contributed by atoms with Crippen LogP contribution in [0.2, 0.25) is 10.0 Å². The molecule has 1 aromatic heterocycles. The van der Waals surface area contributed by atoms with E-state index >= 15 is 0 Å². The van der Waals surface area contributed by atoms with Crippen LogP contribution in [-0.2, 0) is 13.0 Å². The van der Waals surface area contributed by atoms with Gasteiger partial charge in [-0.3, -0.25) is 0 Å². The van der Waals surface area contributed by atoms with E-state index in [0.717, 1.165) is 5.56 Å². The Morgan fingerprint density at radius 1 is 1.06 bits per heavy atom. The molecule has 88 valence electrons. The van der Waals surface area contributed by atoms with E-state index in [1.54, 1.807) is 30.6 Å². The van der Waals surface area contributed by atoms with Crippen molar-refractivity contribution in [2.24, 2.45) is 0 Å². The fraction of sp³-hybridized carbons (Fsp3) is 0.167. The van der Waals surface area contributed by atoms with Gasteiger partial charge in [-0.2, -0.15) is 0 Å². The minimum atomic E-state index is -0.0624. The van der Waals surface area contributed by atoms with Crippen LogP contribution in [0.25, 0.3) is 0 Å². The van der Waals surface area contributed by atoms with Crippen LogP contribution in [0.4, 0.5) is 0 Å². The number of aromatic nitrogens is 2. The third-order valence-corrected chi connectivity index (χ3v) is 3.05. The molecule has 2 rings (SSSR count). The molecule has 0 radical (unpaired) electrons. The van der Waals surface area contributed by atoms with Crippen LogP contribution < -0.4 is 0 Å². The molecular weight excluding hydrogens is 259 g/mol. The molecule has 0 saturated carbocycles. The molecule has 1 N–H and O–H groups in total. The van der Waals surface area contributed by atoms with Crippen molar-refractivity contribution in [1.82, 2.24) is 9.97 Å². The summed E-state index contributed by atoms with van der Waals surface area (Å²) in [7, 11) is 0. The highest BCUT2D eigenvalue weighted by molar-refractivity contribution is 6.36. The van der Waals surface area contributed by atoms with Crippen LogP contribution in [0.1, 0.15) is 17.0 Å². The molecule has 0 saturated heterocycles. The molecule has 3 nitrogen and oxygen atoms in total. The lowest BCUT2D eigenvalue weighted by Gasteiger charge is -2.05. The van der Waals surface area contributed by atoms with E-state index in [1.165, 1.54) is 0 Å². The van der Waals surface area contributed by atoms with Crippen molar-refractivity contribution in [2.75, 3.05) is 0 Å². The average Bonchev–Trinajstić information content (AvgIpc) is 2.35. The summed E-state index contributed by atoms with van der Waals surface area (Å²) in [5, 5.41) is 10.1. The fourth-order valence-corrected chi connectivity index (χ4v) is 1.94. The van der Waals surface area contributed by atoms with E-state index in [4.69, 9.17) is 28.3 Å². The lowest BCUT2D eigenvalue weighted by atomic mass is 10.1. The summed E-state index contributed by atoms with van der Waals surface area (Å²) in [5.74, 6) is 0.622. The second-order valence-corrected chi connectivity index (χ2v) is 4.36. The van der Waals surface area contributed by atoms with Gasteiger partial charge in [-0.15, -0.1) is 0 Å². The minimum Gasteiger partial charge on any atom is -0.392 e. The van der Waals surface area contributed by atoms with Gasteiger partial charge in [0.15, 0.2) is 0 Å². The number of hydrogen-bond acceptors (Lipinski definition) is 3. The molecule has 17 heavy (non-hydrogen) atoms. The molecule has 0 aliphatic heterocycles. The van der Waals surface area contributed by atoms with E-state index in [9.17, 15) is 0 Å². The number of benzene rings is 1. The van der Waals surface area contributed by atoms with Gasteiger partial charge >= 0.3 is 0 Å². The molecule has 0 aliphatic carbocycles. The maximum Gasteiger partial charge on any atom is 0.132 e. The second-order valence-electron chi connectivity index (χ2n) is 3.54. The Balaban J connectivity index is 2.25. The Kier molecular flexibility index (Phi) is 3.94. The highest BCUT2D eigenvalue weighted by atomic mass is 35.5. The Hall–Kier alpha value is -1.16. The van der Waals surface area contributed by atoms with Crippen LogP contribution in [0.15, 0.2) is 30.6 Å². The van der Waals surface area contributed by atoms with Crippen LogP contribution in [0.5, 0.6) is 0 Å². The first-order chi connectivity index (χ1) is 8.20. The highest BCUT2D eigenvalue weighted by Crippen LogP contribution is 2.25. The van der Waals surface area contributed by atoms with E-state index in [-0.39, 0.29) is 6.61 Å². The SMILES string of the molecule is OCc1cnc(Cc2c(Cl)cccc2Cl)nc1. The van der Waals surface area contributed by atoms with E-state index in [0.29, 0.717) is 27.9 Å². The molecular formula is C12H10Cl2N2O. The second kappa shape index (κ2) is 5.45. The van der Waals surface area contributed by atoms with Crippen molar-refractivity contribution in [3.63, 3.8) is 0 Å². The number of aliphatic hydroxyl groups is 1. The first kappa shape index (κ1) is 12.3. The number of hydrogen-bond donors (Lipinski definition) is 1.